The molecule has 0 aliphatic rings. The molecule has 0 unspecified atom stereocenters. The Bertz CT molecular complexity index is 837. The van der Waals surface area contributed by atoms with E-state index in [1.54, 1.807) is 0 Å². The molecule has 1 aromatic heterocycles. The summed E-state index contributed by atoms with van der Waals surface area (Å²) in [6.45, 7) is 0.544. The molecule has 2 N–H and O–H groups in total. The fourth-order valence-electron chi connectivity index (χ4n) is 2.13. The molecule has 3 aromatic rings. The van der Waals surface area contributed by atoms with Gasteiger partial charge in [0.2, 0.25) is 5.95 Å². The monoisotopic (exact) mass is 345 g/mol. The smallest absolute Gasteiger partial charge is 0.365 e. The third-order valence-electron chi connectivity index (χ3n) is 3.32. The zero-order valence-electron chi connectivity index (χ0n) is 13.0. The second-order valence-electron chi connectivity index (χ2n) is 5.21. The highest BCUT2D eigenvalue weighted by Crippen LogP contribution is 2.31. The first-order chi connectivity index (χ1) is 12.0. The van der Waals surface area contributed by atoms with E-state index in [2.05, 4.69) is 25.8 Å². The first-order valence-corrected chi connectivity index (χ1v) is 7.42. The Morgan fingerprint density at radius 2 is 1.76 bits per heavy atom. The van der Waals surface area contributed by atoms with E-state index in [1.165, 1.54) is 18.3 Å². The predicted molar refractivity (Wildman–Crippen MR) is 88.3 cm³/mol. The van der Waals surface area contributed by atoms with Crippen molar-refractivity contribution < 1.29 is 13.2 Å². The summed E-state index contributed by atoms with van der Waals surface area (Å²) in [4.78, 5) is 4.20. The fraction of sp³-hybridized carbons (Fsp3) is 0.118. The molecule has 2 aromatic carbocycles. The molecule has 25 heavy (non-hydrogen) atoms. The minimum Gasteiger partial charge on any atom is -0.365 e. The third kappa shape index (κ3) is 4.66. The normalized spacial score (nSPS) is 11.2. The van der Waals surface area contributed by atoms with Crippen molar-refractivity contribution in [1.29, 1.82) is 0 Å². The Morgan fingerprint density at radius 1 is 0.960 bits per heavy atom. The van der Waals surface area contributed by atoms with Crippen molar-refractivity contribution in [2.45, 2.75) is 12.7 Å². The van der Waals surface area contributed by atoms with Crippen molar-refractivity contribution in [2.75, 3.05) is 10.6 Å². The van der Waals surface area contributed by atoms with E-state index in [9.17, 15) is 13.2 Å². The van der Waals surface area contributed by atoms with Crippen LogP contribution in [0.1, 0.15) is 11.1 Å². The van der Waals surface area contributed by atoms with Crippen molar-refractivity contribution >= 4 is 17.5 Å². The summed E-state index contributed by atoms with van der Waals surface area (Å²) in [5.74, 6) is 0.575. The van der Waals surface area contributed by atoms with E-state index in [0.717, 1.165) is 17.7 Å². The number of alkyl halides is 3. The average Bonchev–Trinajstić information content (AvgIpc) is 2.61. The van der Waals surface area contributed by atoms with Crippen molar-refractivity contribution in [2.24, 2.45) is 0 Å². The number of anilines is 3. The van der Waals surface area contributed by atoms with E-state index in [-0.39, 0.29) is 11.6 Å². The first kappa shape index (κ1) is 16.7. The summed E-state index contributed by atoms with van der Waals surface area (Å²) in [6, 6.07) is 14.5. The lowest BCUT2D eigenvalue weighted by Gasteiger charge is -2.10. The van der Waals surface area contributed by atoms with E-state index in [4.69, 9.17) is 0 Å². The van der Waals surface area contributed by atoms with Gasteiger partial charge in [0, 0.05) is 12.2 Å². The number of hydrogen-bond acceptors (Lipinski definition) is 5. The molecule has 0 spiro atoms. The molecular formula is C17H14F3N5. The van der Waals surface area contributed by atoms with Gasteiger partial charge in [-0.3, -0.25) is 0 Å². The van der Waals surface area contributed by atoms with Gasteiger partial charge >= 0.3 is 6.18 Å². The second-order valence-corrected chi connectivity index (χ2v) is 5.21. The highest BCUT2D eigenvalue weighted by atomic mass is 19.4. The fourth-order valence-corrected chi connectivity index (χ4v) is 2.13. The first-order valence-electron chi connectivity index (χ1n) is 7.42. The topological polar surface area (TPSA) is 62.7 Å². The molecule has 3 rings (SSSR count). The molecule has 0 radical (unpaired) electrons. The van der Waals surface area contributed by atoms with Gasteiger partial charge in [-0.05, 0) is 23.8 Å². The Hall–Kier alpha value is -3.16. The molecule has 0 atom stereocenters. The number of halogens is 3. The average molecular weight is 345 g/mol. The molecule has 128 valence electrons. The predicted octanol–water partition coefficient (Wildman–Crippen LogP) is 4.25. The van der Waals surface area contributed by atoms with Gasteiger partial charge in [-0.1, -0.05) is 36.4 Å². The molecule has 0 aliphatic heterocycles. The maximum absolute atomic E-state index is 12.8. The molecule has 8 heteroatoms. The van der Waals surface area contributed by atoms with Crippen LogP contribution in [0.4, 0.5) is 30.6 Å². The Balaban J connectivity index is 1.69. The molecule has 0 bridgehead atoms. The van der Waals surface area contributed by atoms with Crippen molar-refractivity contribution in [1.82, 2.24) is 15.2 Å². The van der Waals surface area contributed by atoms with E-state index in [0.29, 0.717) is 12.4 Å². The maximum atomic E-state index is 12.8. The lowest BCUT2D eigenvalue weighted by molar-refractivity contribution is -0.137. The van der Waals surface area contributed by atoms with Crippen LogP contribution in [0.15, 0.2) is 60.8 Å². The van der Waals surface area contributed by atoms with Gasteiger partial charge in [0.1, 0.15) is 0 Å². The molecule has 0 amide bonds. The number of rotatable bonds is 5. The molecule has 0 saturated carbocycles. The van der Waals surface area contributed by atoms with Crippen LogP contribution < -0.4 is 10.6 Å². The van der Waals surface area contributed by atoms with Gasteiger partial charge in [0.25, 0.3) is 0 Å². The zero-order valence-corrected chi connectivity index (χ0v) is 13.0. The molecular weight excluding hydrogens is 331 g/mol. The molecule has 0 fully saturated rings. The quantitative estimate of drug-likeness (QED) is 0.724. The summed E-state index contributed by atoms with van der Waals surface area (Å²) in [6.07, 6.45) is -2.96. The largest absolute Gasteiger partial charge is 0.416 e. The Kier molecular flexibility index (Phi) is 4.78. The van der Waals surface area contributed by atoms with Gasteiger partial charge in [0.05, 0.1) is 11.8 Å². The lowest BCUT2D eigenvalue weighted by atomic mass is 10.2. The van der Waals surface area contributed by atoms with Crippen molar-refractivity contribution in [3.8, 4) is 0 Å². The number of nitrogens with one attached hydrogen (secondary N) is 2. The number of benzene rings is 2. The summed E-state index contributed by atoms with van der Waals surface area (Å²) in [5.41, 5.74) is 0.550. The zero-order chi connectivity index (χ0) is 17.7. The van der Waals surface area contributed by atoms with Crippen molar-refractivity contribution in [3.05, 3.63) is 71.9 Å². The summed E-state index contributed by atoms with van der Waals surface area (Å²) in [5, 5.41) is 13.4. The maximum Gasteiger partial charge on any atom is 0.416 e. The summed E-state index contributed by atoms with van der Waals surface area (Å²) >= 11 is 0. The van der Waals surface area contributed by atoms with Crippen molar-refractivity contribution in [3.63, 3.8) is 0 Å². The van der Waals surface area contributed by atoms with Crippen LogP contribution in [0.3, 0.4) is 0 Å². The standard InChI is InChI=1S/C17H14F3N5/c18-17(19,20)13-7-4-8-14(9-13)23-16-24-15(11-22-25-16)21-10-12-5-2-1-3-6-12/h1-9,11H,10H2,(H2,21,23,24,25). The van der Waals surface area contributed by atoms with Crippen LogP contribution in [0.5, 0.6) is 0 Å². The SMILES string of the molecule is FC(F)(F)c1cccc(Nc2nncc(NCc3ccccc3)n2)c1. The number of hydrogen-bond donors (Lipinski definition) is 2. The molecule has 5 nitrogen and oxygen atoms in total. The highest BCUT2D eigenvalue weighted by molar-refractivity contribution is 5.55. The Morgan fingerprint density at radius 3 is 2.52 bits per heavy atom. The van der Waals surface area contributed by atoms with E-state index in [1.807, 2.05) is 30.3 Å². The molecule has 0 saturated heterocycles. The van der Waals surface area contributed by atoms with Gasteiger partial charge in [0.15, 0.2) is 5.82 Å². The van der Waals surface area contributed by atoms with Crippen LogP contribution in [-0.4, -0.2) is 15.2 Å². The van der Waals surface area contributed by atoms with Crippen LogP contribution >= 0.6 is 0 Å². The highest BCUT2D eigenvalue weighted by Gasteiger charge is 2.30. The van der Waals surface area contributed by atoms with Gasteiger partial charge in [-0.15, -0.1) is 5.10 Å². The minimum absolute atomic E-state index is 0.109. The number of nitrogens with zero attached hydrogens (tertiary/aromatic N) is 3. The van der Waals surface area contributed by atoms with Crippen LogP contribution in [-0.2, 0) is 12.7 Å². The van der Waals surface area contributed by atoms with Gasteiger partial charge in [-0.25, -0.2) is 0 Å². The Labute approximate surface area is 141 Å². The molecule has 1 heterocycles. The summed E-state index contributed by atoms with van der Waals surface area (Å²) in [7, 11) is 0. The minimum atomic E-state index is -4.41. The third-order valence-corrected chi connectivity index (χ3v) is 3.32. The lowest BCUT2D eigenvalue weighted by Crippen LogP contribution is -2.07. The summed E-state index contributed by atoms with van der Waals surface area (Å²) < 4.78 is 38.3. The van der Waals surface area contributed by atoms with Crippen LogP contribution in [0.25, 0.3) is 0 Å². The van der Waals surface area contributed by atoms with Gasteiger partial charge < -0.3 is 10.6 Å². The van der Waals surface area contributed by atoms with E-state index < -0.39 is 11.7 Å². The van der Waals surface area contributed by atoms with Crippen LogP contribution in [0, 0.1) is 0 Å². The van der Waals surface area contributed by atoms with Crippen LogP contribution in [0.2, 0.25) is 0 Å². The molecule has 0 aliphatic carbocycles. The van der Waals surface area contributed by atoms with Gasteiger partial charge in [-0.2, -0.15) is 23.3 Å². The number of aromatic nitrogens is 3. The van der Waals surface area contributed by atoms with E-state index >= 15 is 0 Å². The second kappa shape index (κ2) is 7.16.